The van der Waals surface area contributed by atoms with E-state index in [9.17, 15) is 22.4 Å². The van der Waals surface area contributed by atoms with E-state index >= 15 is 0 Å². The van der Waals surface area contributed by atoms with Gasteiger partial charge in [-0.3, -0.25) is 4.79 Å². The Hall–Kier alpha value is -2.08. The van der Waals surface area contributed by atoms with Crippen LogP contribution in [-0.4, -0.2) is 17.9 Å². The van der Waals surface area contributed by atoms with Crippen LogP contribution in [-0.2, 0) is 6.54 Å². The molecule has 22 heavy (non-hydrogen) atoms. The van der Waals surface area contributed by atoms with E-state index in [0.29, 0.717) is 16.7 Å². The van der Waals surface area contributed by atoms with Crippen molar-refractivity contribution in [2.24, 2.45) is 0 Å². The molecular weight excluding hydrogens is 322 g/mol. The van der Waals surface area contributed by atoms with E-state index in [1.807, 2.05) is 0 Å². The lowest BCUT2D eigenvalue weighted by Crippen LogP contribution is -2.28. The first kappa shape index (κ1) is 16.3. The minimum absolute atomic E-state index is 0.00143. The number of benzene rings is 2. The summed E-state index contributed by atoms with van der Waals surface area (Å²) in [7, 11) is 1.31. The third kappa shape index (κ3) is 3.06. The topological polar surface area (TPSA) is 20.3 Å². The van der Waals surface area contributed by atoms with Gasteiger partial charge in [-0.25, -0.2) is 17.6 Å². The van der Waals surface area contributed by atoms with Gasteiger partial charge in [0.15, 0.2) is 23.3 Å². The summed E-state index contributed by atoms with van der Waals surface area (Å²) in [5.74, 6) is -8.32. The third-order valence-electron chi connectivity index (χ3n) is 3.05. The van der Waals surface area contributed by atoms with Gasteiger partial charge in [0.05, 0.1) is 5.56 Å². The Bertz CT molecular complexity index is 736. The second-order valence-corrected chi connectivity index (χ2v) is 5.01. The van der Waals surface area contributed by atoms with Crippen LogP contribution in [0.15, 0.2) is 30.3 Å². The maximum atomic E-state index is 13.6. The van der Waals surface area contributed by atoms with Crippen molar-refractivity contribution in [2.75, 3.05) is 7.05 Å². The van der Waals surface area contributed by atoms with Gasteiger partial charge in [-0.1, -0.05) is 29.8 Å². The minimum atomic E-state index is -2.02. The Morgan fingerprint density at radius 2 is 1.73 bits per heavy atom. The average Bonchev–Trinajstić information content (AvgIpc) is 2.50. The first-order valence-electron chi connectivity index (χ1n) is 6.14. The van der Waals surface area contributed by atoms with E-state index in [1.165, 1.54) is 7.05 Å². The van der Waals surface area contributed by atoms with Gasteiger partial charge in [-0.15, -0.1) is 0 Å². The molecule has 0 saturated heterocycles. The van der Waals surface area contributed by atoms with E-state index in [-0.39, 0.29) is 6.54 Å². The normalized spacial score (nSPS) is 10.6. The standard InChI is InChI=1S/C15H10ClF4NO/c1-21(7-8-4-2-3-5-10(8)16)15(22)9-6-11(17)13(19)14(20)12(9)18/h2-6H,7H2,1H3. The highest BCUT2D eigenvalue weighted by atomic mass is 35.5. The van der Waals surface area contributed by atoms with Crippen LogP contribution in [0.1, 0.15) is 15.9 Å². The van der Waals surface area contributed by atoms with E-state index < -0.39 is 34.7 Å². The molecule has 0 radical (unpaired) electrons. The Balaban J connectivity index is 2.31. The van der Waals surface area contributed by atoms with Crippen molar-refractivity contribution in [2.45, 2.75) is 6.54 Å². The van der Waals surface area contributed by atoms with Crippen molar-refractivity contribution in [1.29, 1.82) is 0 Å². The van der Waals surface area contributed by atoms with Crippen molar-refractivity contribution in [3.8, 4) is 0 Å². The van der Waals surface area contributed by atoms with Crippen LogP contribution in [0.3, 0.4) is 0 Å². The summed E-state index contributed by atoms with van der Waals surface area (Å²) in [6.45, 7) is -0.00143. The van der Waals surface area contributed by atoms with Crippen LogP contribution in [0.25, 0.3) is 0 Å². The van der Waals surface area contributed by atoms with Gasteiger partial charge < -0.3 is 4.90 Å². The number of halogens is 5. The first-order valence-corrected chi connectivity index (χ1v) is 6.52. The van der Waals surface area contributed by atoms with Crippen LogP contribution in [0.5, 0.6) is 0 Å². The molecule has 0 saturated carbocycles. The number of carbonyl (C=O) groups is 1. The smallest absolute Gasteiger partial charge is 0.257 e. The predicted molar refractivity (Wildman–Crippen MR) is 73.5 cm³/mol. The molecule has 0 atom stereocenters. The Labute approximate surface area is 128 Å². The number of amides is 1. The lowest BCUT2D eigenvalue weighted by molar-refractivity contribution is 0.0778. The van der Waals surface area contributed by atoms with Crippen LogP contribution >= 0.6 is 11.6 Å². The van der Waals surface area contributed by atoms with Gasteiger partial charge >= 0.3 is 0 Å². The molecule has 1 amide bonds. The zero-order chi connectivity index (χ0) is 16.4. The molecule has 0 spiro atoms. The van der Waals surface area contributed by atoms with Gasteiger partial charge in [0, 0.05) is 18.6 Å². The highest BCUT2D eigenvalue weighted by molar-refractivity contribution is 6.31. The number of hydrogen-bond donors (Lipinski definition) is 0. The molecule has 0 aromatic heterocycles. The minimum Gasteiger partial charge on any atom is -0.337 e. The van der Waals surface area contributed by atoms with Crippen molar-refractivity contribution in [3.05, 3.63) is 69.8 Å². The molecule has 0 aliphatic rings. The second kappa shape index (κ2) is 6.36. The molecule has 0 aliphatic carbocycles. The monoisotopic (exact) mass is 331 g/mol. The zero-order valence-electron chi connectivity index (χ0n) is 11.3. The fraction of sp³-hybridized carbons (Fsp3) is 0.133. The Kier molecular flexibility index (Phi) is 4.71. The SMILES string of the molecule is CN(Cc1ccccc1Cl)C(=O)c1cc(F)c(F)c(F)c1F. The molecule has 116 valence electrons. The van der Waals surface area contributed by atoms with Crippen LogP contribution in [0.2, 0.25) is 5.02 Å². The summed E-state index contributed by atoms with van der Waals surface area (Å²) in [6, 6.07) is 6.97. The number of nitrogens with zero attached hydrogens (tertiary/aromatic N) is 1. The van der Waals surface area contributed by atoms with Gasteiger partial charge in [-0.2, -0.15) is 0 Å². The van der Waals surface area contributed by atoms with Gasteiger partial charge in [0.2, 0.25) is 0 Å². The summed E-state index contributed by atoms with van der Waals surface area (Å²) >= 11 is 5.94. The van der Waals surface area contributed by atoms with Gasteiger partial charge in [0.1, 0.15) is 0 Å². The number of rotatable bonds is 3. The Morgan fingerprint density at radius 3 is 2.36 bits per heavy atom. The predicted octanol–water partition coefficient (Wildman–Crippen LogP) is 4.17. The largest absolute Gasteiger partial charge is 0.337 e. The van der Waals surface area contributed by atoms with Crippen molar-refractivity contribution in [3.63, 3.8) is 0 Å². The lowest BCUT2D eigenvalue weighted by atomic mass is 10.1. The summed E-state index contributed by atoms with van der Waals surface area (Å²) < 4.78 is 52.9. The zero-order valence-corrected chi connectivity index (χ0v) is 12.1. The molecule has 2 rings (SSSR count). The average molecular weight is 332 g/mol. The molecule has 2 aromatic rings. The number of carbonyl (C=O) groups excluding carboxylic acids is 1. The molecule has 0 heterocycles. The highest BCUT2D eigenvalue weighted by Crippen LogP contribution is 2.22. The third-order valence-corrected chi connectivity index (χ3v) is 3.41. The summed E-state index contributed by atoms with van der Waals surface area (Å²) in [5, 5.41) is 0.388. The molecule has 0 unspecified atom stereocenters. The maximum absolute atomic E-state index is 13.6. The van der Waals surface area contributed by atoms with Crippen LogP contribution in [0, 0.1) is 23.3 Å². The Morgan fingerprint density at radius 1 is 1.09 bits per heavy atom. The molecule has 0 fully saturated rings. The van der Waals surface area contributed by atoms with E-state index in [4.69, 9.17) is 11.6 Å². The van der Waals surface area contributed by atoms with E-state index in [0.717, 1.165) is 4.90 Å². The second-order valence-electron chi connectivity index (χ2n) is 4.60. The van der Waals surface area contributed by atoms with Gasteiger partial charge in [-0.05, 0) is 17.7 Å². The van der Waals surface area contributed by atoms with E-state index in [2.05, 4.69) is 0 Å². The molecule has 0 bridgehead atoms. The molecule has 0 N–H and O–H groups in total. The molecule has 2 aromatic carbocycles. The quantitative estimate of drug-likeness (QED) is 0.469. The van der Waals surface area contributed by atoms with Crippen LogP contribution in [0.4, 0.5) is 17.6 Å². The first-order chi connectivity index (χ1) is 10.3. The van der Waals surface area contributed by atoms with Crippen molar-refractivity contribution < 1.29 is 22.4 Å². The fourth-order valence-corrected chi connectivity index (χ4v) is 2.08. The summed E-state index contributed by atoms with van der Waals surface area (Å²) in [5.41, 5.74) is -0.311. The molecular formula is C15H10ClF4NO. The molecule has 7 heteroatoms. The summed E-state index contributed by atoms with van der Waals surface area (Å²) in [6.07, 6.45) is 0. The maximum Gasteiger partial charge on any atom is 0.257 e. The molecule has 2 nitrogen and oxygen atoms in total. The van der Waals surface area contributed by atoms with Crippen molar-refractivity contribution in [1.82, 2.24) is 4.90 Å². The molecule has 0 aliphatic heterocycles. The fourth-order valence-electron chi connectivity index (χ4n) is 1.89. The van der Waals surface area contributed by atoms with Gasteiger partial charge in [0.25, 0.3) is 5.91 Å². The van der Waals surface area contributed by atoms with Crippen molar-refractivity contribution >= 4 is 17.5 Å². The number of hydrogen-bond acceptors (Lipinski definition) is 1. The lowest BCUT2D eigenvalue weighted by Gasteiger charge is -2.18. The van der Waals surface area contributed by atoms with Crippen LogP contribution < -0.4 is 0 Å². The van der Waals surface area contributed by atoms with E-state index in [1.54, 1.807) is 24.3 Å². The highest BCUT2D eigenvalue weighted by Gasteiger charge is 2.25. The summed E-state index contributed by atoms with van der Waals surface area (Å²) in [4.78, 5) is 13.1.